The Labute approximate surface area is 178 Å². The fourth-order valence-corrected chi connectivity index (χ4v) is 4.50. The van der Waals surface area contributed by atoms with E-state index in [1.807, 2.05) is 6.07 Å². The maximum atomic E-state index is 12.7. The second kappa shape index (κ2) is 9.55. The average molecular weight is 455 g/mol. The molecule has 2 aromatic rings. The molecule has 0 aliphatic carbocycles. The number of rotatable bonds is 7. The monoisotopic (exact) mass is 455 g/mol. The van der Waals surface area contributed by atoms with Crippen molar-refractivity contribution in [2.75, 3.05) is 39.3 Å². The first-order valence-electron chi connectivity index (χ1n) is 9.39. The van der Waals surface area contributed by atoms with Gasteiger partial charge in [-0.3, -0.25) is 4.90 Å². The van der Waals surface area contributed by atoms with Crippen LogP contribution in [-0.2, 0) is 10.0 Å². The van der Waals surface area contributed by atoms with Crippen molar-refractivity contribution in [3.05, 3.63) is 54.1 Å². The van der Waals surface area contributed by atoms with E-state index in [0.29, 0.717) is 37.6 Å². The zero-order valence-corrected chi connectivity index (χ0v) is 17.2. The number of hydrogen-bond acceptors (Lipinski definition) is 6. The van der Waals surface area contributed by atoms with E-state index in [0.717, 1.165) is 24.3 Å². The van der Waals surface area contributed by atoms with Crippen LogP contribution in [0.2, 0.25) is 0 Å². The van der Waals surface area contributed by atoms with Crippen molar-refractivity contribution in [2.45, 2.75) is 11.3 Å². The summed E-state index contributed by atoms with van der Waals surface area (Å²) >= 11 is 0. The van der Waals surface area contributed by atoms with Crippen molar-refractivity contribution in [1.82, 2.24) is 9.21 Å². The lowest BCUT2D eigenvalue weighted by atomic mass is 10.2. The quantitative estimate of drug-likeness (QED) is 0.639. The fourth-order valence-electron chi connectivity index (χ4n) is 3.07. The molecule has 1 heterocycles. The largest absolute Gasteiger partial charge is 0.573 e. The first-order chi connectivity index (χ1) is 14.7. The van der Waals surface area contributed by atoms with Crippen LogP contribution in [0.25, 0.3) is 0 Å². The fraction of sp³-hybridized carbons (Fsp3) is 0.350. The molecule has 1 saturated heterocycles. The third kappa shape index (κ3) is 6.33. The lowest BCUT2D eigenvalue weighted by Crippen LogP contribution is -2.49. The second-order valence-electron chi connectivity index (χ2n) is 6.75. The normalized spacial score (nSPS) is 15.9. The van der Waals surface area contributed by atoms with E-state index in [2.05, 4.69) is 9.64 Å². The summed E-state index contributed by atoms with van der Waals surface area (Å²) in [5.41, 5.74) is 0.548. The first-order valence-corrected chi connectivity index (χ1v) is 10.8. The molecule has 0 saturated carbocycles. The Kier molecular flexibility index (Phi) is 7.04. The minimum atomic E-state index is -4.83. The van der Waals surface area contributed by atoms with Crippen molar-refractivity contribution in [1.29, 1.82) is 5.26 Å². The Hall–Kier alpha value is -2.81. The number of sulfonamides is 1. The van der Waals surface area contributed by atoms with Gasteiger partial charge >= 0.3 is 6.36 Å². The molecule has 2 aromatic carbocycles. The molecule has 0 unspecified atom stereocenters. The third-order valence-corrected chi connectivity index (χ3v) is 6.60. The molecule has 166 valence electrons. The highest BCUT2D eigenvalue weighted by Crippen LogP contribution is 2.25. The minimum absolute atomic E-state index is 0.0837. The summed E-state index contributed by atoms with van der Waals surface area (Å²) in [5, 5.41) is 8.79. The van der Waals surface area contributed by atoms with Gasteiger partial charge in [0, 0.05) is 32.7 Å². The lowest BCUT2D eigenvalue weighted by molar-refractivity contribution is -0.274. The molecule has 0 N–H and O–H groups in total. The Bertz CT molecular complexity index is 1010. The molecule has 1 aliphatic heterocycles. The van der Waals surface area contributed by atoms with Crippen LogP contribution in [0.15, 0.2) is 53.4 Å². The zero-order chi connectivity index (χ0) is 22.5. The highest BCUT2D eigenvalue weighted by atomic mass is 32.2. The Morgan fingerprint density at radius 3 is 2.06 bits per heavy atom. The summed E-state index contributed by atoms with van der Waals surface area (Å²) in [6.07, 6.45) is -4.83. The molecule has 1 fully saturated rings. The molecular weight excluding hydrogens is 435 g/mol. The van der Waals surface area contributed by atoms with E-state index < -0.39 is 22.1 Å². The molecule has 0 aromatic heterocycles. The molecule has 0 spiro atoms. The Balaban J connectivity index is 1.48. The van der Waals surface area contributed by atoms with E-state index in [4.69, 9.17) is 10.00 Å². The van der Waals surface area contributed by atoms with E-state index in [9.17, 15) is 21.6 Å². The van der Waals surface area contributed by atoms with Gasteiger partial charge in [-0.25, -0.2) is 8.42 Å². The zero-order valence-electron chi connectivity index (χ0n) is 16.4. The molecule has 0 atom stereocenters. The molecule has 0 amide bonds. The van der Waals surface area contributed by atoms with E-state index >= 15 is 0 Å². The van der Waals surface area contributed by atoms with Crippen molar-refractivity contribution >= 4 is 10.0 Å². The van der Waals surface area contributed by atoms with E-state index in [1.165, 1.54) is 4.31 Å². The van der Waals surface area contributed by atoms with Crippen molar-refractivity contribution in [3.63, 3.8) is 0 Å². The van der Waals surface area contributed by atoms with Crippen LogP contribution >= 0.6 is 0 Å². The molecule has 11 heteroatoms. The van der Waals surface area contributed by atoms with Crippen LogP contribution in [0.4, 0.5) is 13.2 Å². The Morgan fingerprint density at radius 1 is 0.935 bits per heavy atom. The number of alkyl halides is 3. The van der Waals surface area contributed by atoms with E-state index in [1.54, 1.807) is 24.3 Å². The highest BCUT2D eigenvalue weighted by molar-refractivity contribution is 7.89. The van der Waals surface area contributed by atoms with Gasteiger partial charge in [0.1, 0.15) is 18.1 Å². The lowest BCUT2D eigenvalue weighted by Gasteiger charge is -2.33. The molecule has 31 heavy (non-hydrogen) atoms. The molecule has 3 rings (SSSR count). The van der Waals surface area contributed by atoms with Crippen LogP contribution in [0.5, 0.6) is 11.5 Å². The number of nitriles is 1. The predicted molar refractivity (Wildman–Crippen MR) is 105 cm³/mol. The number of benzene rings is 2. The summed E-state index contributed by atoms with van der Waals surface area (Å²) in [6.45, 7) is 2.56. The van der Waals surface area contributed by atoms with Gasteiger partial charge in [-0.2, -0.15) is 9.57 Å². The summed E-state index contributed by atoms with van der Waals surface area (Å²) in [5.74, 6) is 0.177. The van der Waals surface area contributed by atoms with Gasteiger partial charge < -0.3 is 9.47 Å². The van der Waals surface area contributed by atoms with Crippen molar-refractivity contribution < 1.29 is 31.1 Å². The molecular formula is C20H20F3N3O4S. The van der Waals surface area contributed by atoms with Gasteiger partial charge in [0.25, 0.3) is 0 Å². The highest BCUT2D eigenvalue weighted by Gasteiger charge is 2.32. The third-order valence-electron chi connectivity index (χ3n) is 4.69. The standard InChI is InChI=1S/C20H20F3N3O4S/c21-20(22,23)30-18-5-7-19(8-6-18)31(27,28)26-11-9-25(10-12-26)13-14-29-17-3-1-16(15-24)2-4-17/h1-8H,9-14H2. The number of nitrogens with zero attached hydrogens (tertiary/aromatic N) is 3. The number of halogens is 3. The van der Waals surface area contributed by atoms with Gasteiger partial charge in [-0.1, -0.05) is 0 Å². The summed E-state index contributed by atoms with van der Waals surface area (Å²) < 4.78 is 72.9. The number of ether oxygens (including phenoxy) is 2. The minimum Gasteiger partial charge on any atom is -0.492 e. The SMILES string of the molecule is N#Cc1ccc(OCCN2CCN(S(=O)(=O)c3ccc(OC(F)(F)F)cc3)CC2)cc1. The van der Waals surface area contributed by atoms with Gasteiger partial charge in [0.2, 0.25) is 10.0 Å². The predicted octanol–water partition coefficient (Wildman–Crippen LogP) is 2.84. The van der Waals surface area contributed by atoms with Crippen LogP contribution < -0.4 is 9.47 Å². The van der Waals surface area contributed by atoms with Gasteiger partial charge in [-0.05, 0) is 48.5 Å². The molecule has 1 aliphatic rings. The summed E-state index contributed by atoms with van der Waals surface area (Å²) in [4.78, 5) is 1.98. The van der Waals surface area contributed by atoms with Crippen LogP contribution in [-0.4, -0.2) is 63.3 Å². The number of piperazine rings is 1. The van der Waals surface area contributed by atoms with Gasteiger partial charge in [0.15, 0.2) is 0 Å². The summed E-state index contributed by atoms with van der Waals surface area (Å²) in [7, 11) is -3.80. The van der Waals surface area contributed by atoms with Crippen molar-refractivity contribution in [3.8, 4) is 17.6 Å². The maximum absolute atomic E-state index is 12.7. The molecule has 7 nitrogen and oxygen atoms in total. The smallest absolute Gasteiger partial charge is 0.492 e. The second-order valence-corrected chi connectivity index (χ2v) is 8.69. The molecule has 0 radical (unpaired) electrons. The molecule has 0 bridgehead atoms. The van der Waals surface area contributed by atoms with Gasteiger partial charge in [-0.15, -0.1) is 13.2 Å². The van der Waals surface area contributed by atoms with E-state index in [-0.39, 0.29) is 18.0 Å². The first kappa shape index (κ1) is 22.9. The van der Waals surface area contributed by atoms with Gasteiger partial charge in [0.05, 0.1) is 16.5 Å². The average Bonchev–Trinajstić information content (AvgIpc) is 2.74. The van der Waals surface area contributed by atoms with Crippen LogP contribution in [0.1, 0.15) is 5.56 Å². The Morgan fingerprint density at radius 2 is 1.52 bits per heavy atom. The van der Waals surface area contributed by atoms with Crippen LogP contribution in [0.3, 0.4) is 0 Å². The maximum Gasteiger partial charge on any atom is 0.573 e. The summed E-state index contributed by atoms with van der Waals surface area (Å²) in [6, 6.07) is 13.0. The topological polar surface area (TPSA) is 82.9 Å². The number of hydrogen-bond donors (Lipinski definition) is 0. The van der Waals surface area contributed by atoms with Crippen LogP contribution in [0, 0.1) is 11.3 Å². The van der Waals surface area contributed by atoms with Crippen molar-refractivity contribution in [2.24, 2.45) is 0 Å².